The lowest BCUT2D eigenvalue weighted by Gasteiger charge is -2.23. The molecular weight excluding hydrogens is 339 g/mol. The molecule has 136 valence electrons. The van der Waals surface area contributed by atoms with Crippen molar-refractivity contribution < 1.29 is 36.6 Å². The molecule has 0 aromatic heterocycles. The fourth-order valence-corrected chi connectivity index (χ4v) is 5.03. The molecule has 23 heavy (non-hydrogen) atoms. The Hall–Kier alpha value is -0.640. The van der Waals surface area contributed by atoms with Gasteiger partial charge in [0.15, 0.2) is 0 Å². The Balaban J connectivity index is 0. The van der Waals surface area contributed by atoms with E-state index in [4.69, 9.17) is 9.47 Å². The minimum atomic E-state index is -1.02. The summed E-state index contributed by atoms with van der Waals surface area (Å²) in [5.41, 5.74) is 0.267. The second-order valence-electron chi connectivity index (χ2n) is 5.48. The van der Waals surface area contributed by atoms with Crippen molar-refractivity contribution in [2.75, 3.05) is 37.9 Å². The molecule has 1 N–H and O–H groups in total. The van der Waals surface area contributed by atoms with Gasteiger partial charge in [0.25, 0.3) is 0 Å². The molecule has 0 spiro atoms. The summed E-state index contributed by atoms with van der Waals surface area (Å²) >= 11 is 0. The average Bonchev–Trinajstić information content (AvgIpc) is 2.52. The maximum atomic E-state index is 11.8. The molecule has 1 atom stereocenters. The van der Waals surface area contributed by atoms with Crippen LogP contribution in [0.15, 0.2) is 12.2 Å². The predicted octanol–water partition coefficient (Wildman–Crippen LogP) is -0.519. The number of rotatable bonds is 11. The van der Waals surface area contributed by atoms with Crippen molar-refractivity contribution in [3.05, 3.63) is 12.2 Å². The van der Waals surface area contributed by atoms with Gasteiger partial charge in [-0.15, -0.1) is 0 Å². The van der Waals surface area contributed by atoms with Crippen molar-refractivity contribution in [1.82, 2.24) is 0 Å². The Kier molecular flexibility index (Phi) is 13.6. The van der Waals surface area contributed by atoms with Crippen molar-refractivity contribution in [2.24, 2.45) is 0 Å². The molecule has 0 aromatic rings. The normalized spacial score (nSPS) is 12.0. The summed E-state index contributed by atoms with van der Waals surface area (Å²) in [6.45, 7) is 11.2. The maximum absolute atomic E-state index is 11.8. The topological polar surface area (TPSA) is 72.8 Å². The molecule has 0 aliphatic heterocycles. The van der Waals surface area contributed by atoms with Crippen molar-refractivity contribution in [2.45, 2.75) is 40.2 Å². The first-order chi connectivity index (χ1) is 10.3. The molecule has 0 amide bonds. The molecule has 1 unspecified atom stereocenters. The van der Waals surface area contributed by atoms with Gasteiger partial charge in [-0.1, -0.05) is 6.58 Å². The molecule has 5 nitrogen and oxygen atoms in total. The SMILES string of the molecule is C=C(C)C(=O)OCC(O)COC(=O)CC[P+](CC)(CC)CC.[Cl-]. The van der Waals surface area contributed by atoms with Gasteiger partial charge >= 0.3 is 11.9 Å². The smallest absolute Gasteiger partial charge is 0.333 e. The van der Waals surface area contributed by atoms with Crippen LogP contribution in [0.3, 0.4) is 0 Å². The van der Waals surface area contributed by atoms with E-state index in [1.807, 2.05) is 0 Å². The highest BCUT2D eigenvalue weighted by Crippen LogP contribution is 2.58. The minimum absolute atomic E-state index is 0. The Morgan fingerprint density at radius 1 is 1.09 bits per heavy atom. The molecule has 0 fully saturated rings. The lowest BCUT2D eigenvalue weighted by Crippen LogP contribution is -3.00. The highest BCUT2D eigenvalue weighted by atomic mass is 35.5. The molecule has 7 heteroatoms. The van der Waals surface area contributed by atoms with Crippen LogP contribution in [0.2, 0.25) is 0 Å². The zero-order chi connectivity index (χ0) is 17.2. The van der Waals surface area contributed by atoms with Gasteiger partial charge < -0.3 is 27.0 Å². The van der Waals surface area contributed by atoms with Gasteiger partial charge in [0.2, 0.25) is 0 Å². The van der Waals surface area contributed by atoms with E-state index in [1.54, 1.807) is 0 Å². The summed E-state index contributed by atoms with van der Waals surface area (Å²) < 4.78 is 9.83. The van der Waals surface area contributed by atoms with Gasteiger partial charge in [0.05, 0.1) is 31.1 Å². The molecule has 0 aromatic carbocycles. The van der Waals surface area contributed by atoms with Crippen molar-refractivity contribution in [1.29, 1.82) is 0 Å². The Morgan fingerprint density at radius 3 is 2.00 bits per heavy atom. The van der Waals surface area contributed by atoms with Crippen LogP contribution in [0.4, 0.5) is 0 Å². The van der Waals surface area contributed by atoms with E-state index in [0.717, 1.165) is 24.6 Å². The van der Waals surface area contributed by atoms with E-state index >= 15 is 0 Å². The number of carbonyl (C=O) groups excluding carboxylic acids is 2. The second kappa shape index (κ2) is 12.7. The minimum Gasteiger partial charge on any atom is -1.00 e. The Labute approximate surface area is 146 Å². The fourth-order valence-electron chi connectivity index (χ4n) is 2.08. The van der Waals surface area contributed by atoms with Gasteiger partial charge in [-0.2, -0.15) is 0 Å². The zero-order valence-electron chi connectivity index (χ0n) is 14.6. The summed E-state index contributed by atoms with van der Waals surface area (Å²) in [7, 11) is -1.02. The zero-order valence-corrected chi connectivity index (χ0v) is 16.3. The van der Waals surface area contributed by atoms with Crippen LogP contribution in [0, 0.1) is 0 Å². The summed E-state index contributed by atoms with van der Waals surface area (Å²) in [5, 5.41) is 9.62. The predicted molar refractivity (Wildman–Crippen MR) is 90.8 cm³/mol. The van der Waals surface area contributed by atoms with Gasteiger partial charge in [-0.05, 0) is 27.7 Å². The second-order valence-corrected chi connectivity index (χ2v) is 10.5. The molecule has 0 saturated heterocycles. The molecule has 0 aliphatic rings. The number of aliphatic hydroxyl groups is 1. The number of aliphatic hydroxyl groups excluding tert-OH is 1. The number of esters is 2. The average molecular weight is 369 g/mol. The molecule has 0 bridgehead atoms. The van der Waals surface area contributed by atoms with Crippen molar-refractivity contribution in [3.63, 3.8) is 0 Å². The standard InChI is InChI=1S/C16H30O5P.ClH/c1-6-22(7-2,8-3)10-9-15(18)20-11-14(17)12-21-16(19)13(4)5;/h14,17H,4,6-12H2,1-3,5H3;1H/q+1;/p-1. The molecule has 0 rings (SSSR count). The van der Waals surface area contributed by atoms with Crippen LogP contribution in [0.5, 0.6) is 0 Å². The van der Waals surface area contributed by atoms with Crippen LogP contribution in [-0.4, -0.2) is 61.0 Å². The van der Waals surface area contributed by atoms with Crippen LogP contribution >= 0.6 is 7.26 Å². The Bertz CT molecular complexity index is 374. The van der Waals surface area contributed by atoms with Crippen LogP contribution in [0.25, 0.3) is 0 Å². The summed E-state index contributed by atoms with van der Waals surface area (Å²) in [5.74, 6) is -0.862. The van der Waals surface area contributed by atoms with Crippen molar-refractivity contribution in [3.8, 4) is 0 Å². The van der Waals surface area contributed by atoms with Gasteiger partial charge in [-0.25, -0.2) is 4.79 Å². The van der Waals surface area contributed by atoms with E-state index in [9.17, 15) is 14.7 Å². The first-order valence-corrected chi connectivity index (χ1v) is 10.3. The van der Waals surface area contributed by atoms with Gasteiger partial charge in [0, 0.05) is 12.8 Å². The largest absolute Gasteiger partial charge is 1.00 e. The van der Waals surface area contributed by atoms with Gasteiger partial charge in [-0.3, -0.25) is 4.79 Å². The lowest BCUT2D eigenvalue weighted by molar-refractivity contribution is -0.150. The third-order valence-corrected chi connectivity index (χ3v) is 9.19. The van der Waals surface area contributed by atoms with Crippen LogP contribution < -0.4 is 12.4 Å². The molecule has 0 aliphatic carbocycles. The first-order valence-electron chi connectivity index (χ1n) is 7.81. The number of carbonyl (C=O) groups is 2. The lowest BCUT2D eigenvalue weighted by atomic mass is 10.3. The van der Waals surface area contributed by atoms with Gasteiger partial charge in [0.1, 0.15) is 19.3 Å². The molecule has 0 heterocycles. The van der Waals surface area contributed by atoms with E-state index < -0.39 is 19.3 Å². The summed E-state index contributed by atoms with van der Waals surface area (Å²) in [6, 6.07) is 0. The number of hydrogen-bond donors (Lipinski definition) is 1. The van der Waals surface area contributed by atoms with Crippen molar-refractivity contribution >= 4 is 19.2 Å². The first kappa shape index (κ1) is 24.6. The number of halogens is 1. The molecule has 0 saturated carbocycles. The number of ether oxygens (including phenoxy) is 2. The monoisotopic (exact) mass is 368 g/mol. The highest BCUT2D eigenvalue weighted by molar-refractivity contribution is 7.75. The van der Waals surface area contributed by atoms with E-state index in [2.05, 4.69) is 27.4 Å². The molecular formula is C16H30ClO5P. The highest BCUT2D eigenvalue weighted by Gasteiger charge is 2.31. The summed E-state index contributed by atoms with van der Waals surface area (Å²) in [4.78, 5) is 22.9. The van der Waals surface area contributed by atoms with Crippen LogP contribution in [-0.2, 0) is 19.1 Å². The Morgan fingerprint density at radius 2 is 1.57 bits per heavy atom. The van der Waals surface area contributed by atoms with E-state index in [0.29, 0.717) is 6.42 Å². The fraction of sp³-hybridized carbons (Fsp3) is 0.750. The maximum Gasteiger partial charge on any atom is 0.333 e. The third kappa shape index (κ3) is 9.95. The van der Waals surface area contributed by atoms with E-state index in [1.165, 1.54) is 6.92 Å². The number of hydrogen-bond acceptors (Lipinski definition) is 5. The summed E-state index contributed by atoms with van der Waals surface area (Å²) in [6.07, 6.45) is 3.72. The van der Waals surface area contributed by atoms with Crippen LogP contribution in [0.1, 0.15) is 34.1 Å². The molecule has 0 radical (unpaired) electrons. The quantitative estimate of drug-likeness (QED) is 0.302. The third-order valence-electron chi connectivity index (χ3n) is 3.99. The van der Waals surface area contributed by atoms with E-state index in [-0.39, 0.29) is 37.2 Å².